The number of carbonyl (C=O) groups excluding carboxylic acids is 1. The number of anilines is 1. The lowest BCUT2D eigenvalue weighted by atomic mass is 10.1. The van der Waals surface area contributed by atoms with E-state index in [-0.39, 0.29) is 18.8 Å². The van der Waals surface area contributed by atoms with E-state index in [1.807, 2.05) is 0 Å². The molecule has 1 aromatic rings. The number of amides is 1. The summed E-state index contributed by atoms with van der Waals surface area (Å²) >= 11 is 3.16. The van der Waals surface area contributed by atoms with Crippen LogP contribution in [-0.2, 0) is 9.53 Å². The summed E-state index contributed by atoms with van der Waals surface area (Å²) in [5.74, 6) is -1.14. The van der Waals surface area contributed by atoms with Crippen molar-refractivity contribution in [1.82, 2.24) is 4.90 Å². The Labute approximate surface area is 158 Å². The Balaban J connectivity index is 2.19. The molecule has 26 heavy (non-hydrogen) atoms. The van der Waals surface area contributed by atoms with E-state index in [1.165, 1.54) is 11.0 Å². The molecule has 142 valence electrons. The van der Waals surface area contributed by atoms with Crippen molar-refractivity contribution in [3.63, 3.8) is 0 Å². The van der Waals surface area contributed by atoms with E-state index in [0.29, 0.717) is 16.7 Å². The second-order valence-electron chi connectivity index (χ2n) is 6.87. The minimum Gasteiger partial charge on any atom is -0.480 e. The Morgan fingerprint density at radius 3 is 2.50 bits per heavy atom. The summed E-state index contributed by atoms with van der Waals surface area (Å²) < 4.78 is 5.59. The number of carboxylic acid groups (broad SMARTS) is 1. The van der Waals surface area contributed by atoms with Crippen LogP contribution in [0.3, 0.4) is 0 Å². The largest absolute Gasteiger partial charge is 0.480 e. The van der Waals surface area contributed by atoms with Crippen LogP contribution in [0.1, 0.15) is 20.8 Å². The molecule has 0 aromatic heterocycles. The van der Waals surface area contributed by atoms with Crippen molar-refractivity contribution in [3.05, 3.63) is 32.8 Å². The molecule has 1 atom stereocenters. The Kier molecular flexibility index (Phi) is 5.74. The fraction of sp³-hybridized carbons (Fsp3) is 0.500. The van der Waals surface area contributed by atoms with Gasteiger partial charge in [0.05, 0.1) is 9.40 Å². The second kappa shape index (κ2) is 7.48. The third kappa shape index (κ3) is 4.63. The molecule has 1 heterocycles. The van der Waals surface area contributed by atoms with E-state index in [0.717, 1.165) is 0 Å². The first kappa shape index (κ1) is 20.0. The average Bonchev–Trinajstić information content (AvgIpc) is 2.52. The number of benzene rings is 1. The molecule has 1 aliphatic rings. The first-order chi connectivity index (χ1) is 12.0. The number of piperazine rings is 1. The number of halogens is 1. The fourth-order valence-corrected chi connectivity index (χ4v) is 3.12. The van der Waals surface area contributed by atoms with Crippen molar-refractivity contribution in [2.75, 3.05) is 24.5 Å². The zero-order chi connectivity index (χ0) is 19.6. The smallest absolute Gasteiger partial charge is 0.411 e. The Hall–Kier alpha value is -2.36. The van der Waals surface area contributed by atoms with Gasteiger partial charge < -0.3 is 14.7 Å². The molecule has 9 nitrogen and oxygen atoms in total. The van der Waals surface area contributed by atoms with Crippen LogP contribution in [0.15, 0.2) is 22.7 Å². The van der Waals surface area contributed by atoms with Crippen LogP contribution in [0.5, 0.6) is 0 Å². The van der Waals surface area contributed by atoms with Gasteiger partial charge in [0.15, 0.2) is 0 Å². The van der Waals surface area contributed by atoms with Crippen LogP contribution >= 0.6 is 15.9 Å². The molecule has 1 unspecified atom stereocenters. The van der Waals surface area contributed by atoms with Crippen molar-refractivity contribution in [3.8, 4) is 0 Å². The molecule has 1 aliphatic heterocycles. The van der Waals surface area contributed by atoms with Gasteiger partial charge in [-0.05, 0) is 48.8 Å². The van der Waals surface area contributed by atoms with Crippen LogP contribution in [-0.4, -0.2) is 58.3 Å². The summed E-state index contributed by atoms with van der Waals surface area (Å²) in [5.41, 5.74) is -0.158. The van der Waals surface area contributed by atoms with E-state index < -0.39 is 28.6 Å². The van der Waals surface area contributed by atoms with E-state index in [4.69, 9.17) is 4.74 Å². The molecular formula is C16H20BrN3O6. The van der Waals surface area contributed by atoms with Gasteiger partial charge in [-0.2, -0.15) is 0 Å². The van der Waals surface area contributed by atoms with Gasteiger partial charge in [0.1, 0.15) is 11.6 Å². The average molecular weight is 430 g/mol. The maximum absolute atomic E-state index is 12.3. The normalized spacial score (nSPS) is 17.8. The Morgan fingerprint density at radius 1 is 1.35 bits per heavy atom. The molecule has 1 aromatic carbocycles. The third-order valence-corrected chi connectivity index (χ3v) is 4.42. The number of hydrogen-bond donors (Lipinski definition) is 1. The zero-order valence-corrected chi connectivity index (χ0v) is 16.2. The van der Waals surface area contributed by atoms with Crippen LogP contribution in [0.4, 0.5) is 16.2 Å². The Bertz CT molecular complexity index is 733. The van der Waals surface area contributed by atoms with Crippen molar-refractivity contribution >= 4 is 39.4 Å². The molecule has 1 N–H and O–H groups in total. The van der Waals surface area contributed by atoms with Gasteiger partial charge in [-0.1, -0.05) is 0 Å². The lowest BCUT2D eigenvalue weighted by molar-refractivity contribution is -0.385. The van der Waals surface area contributed by atoms with E-state index in [9.17, 15) is 24.8 Å². The first-order valence-electron chi connectivity index (χ1n) is 7.91. The monoisotopic (exact) mass is 429 g/mol. The summed E-state index contributed by atoms with van der Waals surface area (Å²) in [5, 5.41) is 20.4. The van der Waals surface area contributed by atoms with E-state index >= 15 is 0 Å². The quantitative estimate of drug-likeness (QED) is 0.580. The first-order valence-corrected chi connectivity index (χ1v) is 8.70. The van der Waals surface area contributed by atoms with E-state index in [1.54, 1.807) is 37.8 Å². The molecule has 2 rings (SSSR count). The number of rotatable bonds is 3. The van der Waals surface area contributed by atoms with Crippen molar-refractivity contribution in [1.29, 1.82) is 0 Å². The van der Waals surface area contributed by atoms with Gasteiger partial charge in [0.25, 0.3) is 5.69 Å². The molecule has 1 fully saturated rings. The molecular weight excluding hydrogens is 410 g/mol. The molecule has 0 aliphatic carbocycles. The molecule has 0 spiro atoms. The lowest BCUT2D eigenvalue weighted by Gasteiger charge is -2.40. The number of nitro groups is 1. The molecule has 0 bridgehead atoms. The summed E-state index contributed by atoms with van der Waals surface area (Å²) in [7, 11) is 0. The van der Waals surface area contributed by atoms with Gasteiger partial charge in [0.2, 0.25) is 0 Å². The van der Waals surface area contributed by atoms with Crippen LogP contribution < -0.4 is 4.90 Å². The predicted octanol–water partition coefficient (Wildman–Crippen LogP) is 2.87. The van der Waals surface area contributed by atoms with Gasteiger partial charge in [0, 0.05) is 31.4 Å². The number of aliphatic carboxylic acids is 1. The van der Waals surface area contributed by atoms with Crippen molar-refractivity contribution in [2.24, 2.45) is 0 Å². The van der Waals surface area contributed by atoms with Crippen LogP contribution in [0.25, 0.3) is 0 Å². The number of nitro benzene ring substituents is 1. The maximum atomic E-state index is 12.3. The highest BCUT2D eigenvalue weighted by atomic mass is 79.9. The fourth-order valence-electron chi connectivity index (χ4n) is 2.61. The number of ether oxygens (including phenoxy) is 1. The van der Waals surface area contributed by atoms with Gasteiger partial charge in [-0.15, -0.1) is 0 Å². The summed E-state index contributed by atoms with van der Waals surface area (Å²) in [4.78, 5) is 37.3. The van der Waals surface area contributed by atoms with Gasteiger partial charge >= 0.3 is 12.1 Å². The van der Waals surface area contributed by atoms with Crippen LogP contribution in [0, 0.1) is 10.1 Å². The third-order valence-electron chi connectivity index (χ3n) is 3.79. The van der Waals surface area contributed by atoms with Gasteiger partial charge in [-0.25, -0.2) is 9.59 Å². The zero-order valence-electron chi connectivity index (χ0n) is 14.6. The number of carboxylic acids is 1. The molecule has 0 saturated carbocycles. The maximum Gasteiger partial charge on any atom is 0.411 e. The second-order valence-corrected chi connectivity index (χ2v) is 7.72. The number of hydrogen-bond acceptors (Lipinski definition) is 6. The minimum atomic E-state index is -1.14. The topological polar surface area (TPSA) is 113 Å². The highest BCUT2D eigenvalue weighted by Crippen LogP contribution is 2.30. The van der Waals surface area contributed by atoms with Gasteiger partial charge in [-0.3, -0.25) is 15.0 Å². The molecule has 1 amide bonds. The van der Waals surface area contributed by atoms with Crippen molar-refractivity contribution in [2.45, 2.75) is 32.4 Å². The summed E-state index contributed by atoms with van der Waals surface area (Å²) in [6.07, 6.45) is -0.672. The summed E-state index contributed by atoms with van der Waals surface area (Å²) in [6, 6.07) is 3.41. The standard InChI is InChI=1S/C16H20BrN3O6/c1-16(2,3)26-15(23)19-7-6-18(9-13(19)14(21)22)10-4-5-12(20(24)25)11(17)8-10/h4-5,8,13H,6-7,9H2,1-3H3,(H,21,22). The van der Waals surface area contributed by atoms with Crippen molar-refractivity contribution < 1.29 is 24.4 Å². The highest BCUT2D eigenvalue weighted by molar-refractivity contribution is 9.10. The van der Waals surface area contributed by atoms with Crippen LogP contribution in [0.2, 0.25) is 0 Å². The minimum absolute atomic E-state index is 0.0544. The summed E-state index contributed by atoms with van der Waals surface area (Å²) in [6.45, 7) is 5.74. The number of carbonyl (C=O) groups is 2. The molecule has 0 radical (unpaired) electrons. The predicted molar refractivity (Wildman–Crippen MR) is 97.4 cm³/mol. The molecule has 1 saturated heterocycles. The Morgan fingerprint density at radius 2 is 2.00 bits per heavy atom. The SMILES string of the molecule is CC(C)(C)OC(=O)N1CCN(c2ccc([N+](=O)[O-])c(Br)c2)CC1C(=O)O. The highest BCUT2D eigenvalue weighted by Gasteiger charge is 2.37. The number of nitrogens with zero attached hydrogens (tertiary/aromatic N) is 3. The van der Waals surface area contributed by atoms with E-state index in [2.05, 4.69) is 15.9 Å². The lowest BCUT2D eigenvalue weighted by Crippen LogP contribution is -2.59. The molecule has 10 heteroatoms.